The van der Waals surface area contributed by atoms with E-state index >= 15 is 0 Å². The second kappa shape index (κ2) is 6.18. The van der Waals surface area contributed by atoms with Gasteiger partial charge in [0.15, 0.2) is 0 Å². The van der Waals surface area contributed by atoms with E-state index in [-0.39, 0.29) is 6.04 Å². The average Bonchev–Trinajstić information content (AvgIpc) is 2.97. The van der Waals surface area contributed by atoms with Crippen molar-refractivity contribution >= 4 is 11.6 Å². The van der Waals surface area contributed by atoms with E-state index in [0.29, 0.717) is 12.6 Å². The fraction of sp³-hybridized carbons (Fsp3) is 0.438. The number of nitrogens with zero attached hydrogens (tertiary/aromatic N) is 2. The minimum Gasteiger partial charge on any atom is -0.378 e. The number of hydrogen-bond acceptors (Lipinski definition) is 3. The summed E-state index contributed by atoms with van der Waals surface area (Å²) in [6.45, 7) is 6.82. The number of halogens is 1. The highest BCUT2D eigenvalue weighted by molar-refractivity contribution is 6.30. The van der Waals surface area contributed by atoms with Crippen LogP contribution in [-0.2, 0) is 4.74 Å². The predicted molar refractivity (Wildman–Crippen MR) is 84.4 cm³/mol. The minimum atomic E-state index is 0.187. The first-order valence-corrected chi connectivity index (χ1v) is 7.67. The topological polar surface area (TPSA) is 41.1 Å². The molecule has 1 atom stereocenters. The van der Waals surface area contributed by atoms with E-state index in [4.69, 9.17) is 16.3 Å². The summed E-state index contributed by atoms with van der Waals surface area (Å²) in [6, 6.07) is 8.45. The molecule has 2 heterocycles. The molecular weight excluding hydrogens is 286 g/mol. The van der Waals surface area contributed by atoms with Crippen molar-refractivity contribution in [2.24, 2.45) is 0 Å². The zero-order valence-corrected chi connectivity index (χ0v) is 13.1. The Bertz CT molecular complexity index is 611. The van der Waals surface area contributed by atoms with Crippen LogP contribution in [0.3, 0.4) is 0 Å². The molecule has 0 saturated carbocycles. The minimum absolute atomic E-state index is 0.187. The van der Waals surface area contributed by atoms with E-state index in [9.17, 15) is 0 Å². The molecule has 1 N–H and O–H groups in total. The molecule has 0 unspecified atom stereocenters. The zero-order valence-electron chi connectivity index (χ0n) is 12.3. The molecule has 1 aromatic heterocycles. The van der Waals surface area contributed by atoms with Crippen molar-refractivity contribution in [1.82, 2.24) is 14.9 Å². The Balaban J connectivity index is 1.87. The third-order valence-corrected chi connectivity index (χ3v) is 4.11. The van der Waals surface area contributed by atoms with E-state index in [1.54, 1.807) is 0 Å². The summed E-state index contributed by atoms with van der Waals surface area (Å²) >= 11 is 6.05. The molecule has 112 valence electrons. The molecule has 1 saturated heterocycles. The van der Waals surface area contributed by atoms with Gasteiger partial charge in [0, 0.05) is 23.2 Å². The summed E-state index contributed by atoms with van der Waals surface area (Å²) in [5.74, 6) is 0.957. The van der Waals surface area contributed by atoms with E-state index in [2.05, 4.69) is 28.7 Å². The van der Waals surface area contributed by atoms with Crippen LogP contribution in [0.15, 0.2) is 30.5 Å². The summed E-state index contributed by atoms with van der Waals surface area (Å²) < 4.78 is 5.63. The van der Waals surface area contributed by atoms with Gasteiger partial charge in [-0.05, 0) is 26.0 Å². The van der Waals surface area contributed by atoms with Gasteiger partial charge in [0.2, 0.25) is 0 Å². The summed E-state index contributed by atoms with van der Waals surface area (Å²) in [6.07, 6.45) is 1.87. The van der Waals surface area contributed by atoms with Crippen LogP contribution in [0.25, 0.3) is 11.3 Å². The van der Waals surface area contributed by atoms with Crippen LogP contribution in [0, 0.1) is 0 Å². The van der Waals surface area contributed by atoms with Gasteiger partial charge in [-0.25, -0.2) is 4.98 Å². The molecule has 0 radical (unpaired) electrons. The van der Waals surface area contributed by atoms with E-state index in [1.807, 2.05) is 30.5 Å². The van der Waals surface area contributed by atoms with Crippen LogP contribution in [0.2, 0.25) is 5.02 Å². The molecular formula is C16H20ClN3O. The normalized spacial score (nSPS) is 20.1. The van der Waals surface area contributed by atoms with Crippen molar-refractivity contribution in [3.05, 3.63) is 41.3 Å². The maximum atomic E-state index is 6.05. The fourth-order valence-electron chi connectivity index (χ4n) is 2.78. The van der Waals surface area contributed by atoms with Gasteiger partial charge < -0.3 is 9.72 Å². The fourth-order valence-corrected chi connectivity index (χ4v) is 2.97. The number of aromatic nitrogens is 2. The summed E-state index contributed by atoms with van der Waals surface area (Å²) in [5.41, 5.74) is 2.04. The standard InChI is InChI=1S/C16H20ClN3O/c1-11(2)20-6-7-21-10-15(20)16-18-9-14(19-16)12-4-3-5-13(17)8-12/h3-5,8-9,11,15H,6-7,10H2,1-2H3,(H,18,19)/t15-/m0/s1. The van der Waals surface area contributed by atoms with Gasteiger partial charge in [-0.1, -0.05) is 23.7 Å². The van der Waals surface area contributed by atoms with Crippen LogP contribution in [0.4, 0.5) is 0 Å². The molecule has 4 nitrogen and oxygen atoms in total. The SMILES string of the molecule is CC(C)N1CCOC[C@H]1c1ncc(-c2cccc(Cl)c2)[nH]1. The van der Waals surface area contributed by atoms with Gasteiger partial charge in [0.1, 0.15) is 5.82 Å². The quantitative estimate of drug-likeness (QED) is 0.943. The van der Waals surface area contributed by atoms with Crippen LogP contribution in [0.1, 0.15) is 25.7 Å². The molecule has 1 aliphatic heterocycles. The molecule has 0 amide bonds. The number of ether oxygens (including phenoxy) is 1. The monoisotopic (exact) mass is 305 g/mol. The van der Waals surface area contributed by atoms with Gasteiger partial charge in [-0.2, -0.15) is 0 Å². The van der Waals surface area contributed by atoms with Crippen LogP contribution in [-0.4, -0.2) is 40.7 Å². The maximum Gasteiger partial charge on any atom is 0.126 e. The molecule has 1 aromatic carbocycles. The first-order valence-electron chi connectivity index (χ1n) is 7.29. The maximum absolute atomic E-state index is 6.05. The lowest BCUT2D eigenvalue weighted by Crippen LogP contribution is -2.43. The molecule has 1 aliphatic rings. The first-order chi connectivity index (χ1) is 10.1. The van der Waals surface area contributed by atoms with Crippen molar-refractivity contribution in [1.29, 1.82) is 0 Å². The van der Waals surface area contributed by atoms with E-state index in [0.717, 1.165) is 35.3 Å². The number of morpholine rings is 1. The Kier molecular flexibility index (Phi) is 4.29. The highest BCUT2D eigenvalue weighted by Gasteiger charge is 2.28. The highest BCUT2D eigenvalue weighted by atomic mass is 35.5. The molecule has 3 rings (SSSR count). The van der Waals surface area contributed by atoms with Gasteiger partial charge in [0.05, 0.1) is 31.1 Å². The summed E-state index contributed by atoms with van der Waals surface area (Å²) in [5, 5.41) is 0.730. The third-order valence-electron chi connectivity index (χ3n) is 3.88. The van der Waals surface area contributed by atoms with Crippen molar-refractivity contribution in [3.8, 4) is 11.3 Å². The molecule has 21 heavy (non-hydrogen) atoms. The lowest BCUT2D eigenvalue weighted by molar-refractivity contribution is -0.0262. The Labute approximate surface area is 130 Å². The Hall–Kier alpha value is -1.36. The Morgan fingerprint density at radius 2 is 2.29 bits per heavy atom. The number of rotatable bonds is 3. The molecule has 1 fully saturated rings. The lowest BCUT2D eigenvalue weighted by Gasteiger charge is -2.37. The van der Waals surface area contributed by atoms with Crippen molar-refractivity contribution < 1.29 is 4.74 Å². The second-order valence-corrected chi connectivity index (χ2v) is 6.05. The number of aromatic amines is 1. The van der Waals surface area contributed by atoms with E-state index in [1.165, 1.54) is 0 Å². The molecule has 5 heteroatoms. The largest absolute Gasteiger partial charge is 0.378 e. The van der Waals surface area contributed by atoms with Crippen LogP contribution in [0.5, 0.6) is 0 Å². The highest BCUT2D eigenvalue weighted by Crippen LogP contribution is 2.27. The first kappa shape index (κ1) is 14.6. The molecule has 2 aromatic rings. The molecule has 0 spiro atoms. The van der Waals surface area contributed by atoms with Crippen LogP contribution < -0.4 is 0 Å². The number of imidazole rings is 1. The van der Waals surface area contributed by atoms with Crippen molar-refractivity contribution in [2.75, 3.05) is 19.8 Å². The number of H-pyrrole nitrogens is 1. The zero-order chi connectivity index (χ0) is 14.8. The average molecular weight is 306 g/mol. The predicted octanol–water partition coefficient (Wildman–Crippen LogP) is 3.51. The van der Waals surface area contributed by atoms with Gasteiger partial charge >= 0.3 is 0 Å². The van der Waals surface area contributed by atoms with Gasteiger partial charge in [0.25, 0.3) is 0 Å². The third kappa shape index (κ3) is 3.12. The van der Waals surface area contributed by atoms with Crippen LogP contribution >= 0.6 is 11.6 Å². The number of benzene rings is 1. The lowest BCUT2D eigenvalue weighted by atomic mass is 10.1. The molecule has 0 bridgehead atoms. The van der Waals surface area contributed by atoms with Crippen molar-refractivity contribution in [3.63, 3.8) is 0 Å². The van der Waals surface area contributed by atoms with E-state index < -0.39 is 0 Å². The summed E-state index contributed by atoms with van der Waals surface area (Å²) in [4.78, 5) is 10.4. The number of nitrogens with one attached hydrogen (secondary N) is 1. The smallest absolute Gasteiger partial charge is 0.126 e. The van der Waals surface area contributed by atoms with Gasteiger partial charge in [-0.3, -0.25) is 4.90 Å². The Morgan fingerprint density at radius 1 is 1.43 bits per heavy atom. The Morgan fingerprint density at radius 3 is 3.05 bits per heavy atom. The summed E-state index contributed by atoms with van der Waals surface area (Å²) in [7, 11) is 0. The van der Waals surface area contributed by atoms with Crippen molar-refractivity contribution in [2.45, 2.75) is 25.9 Å². The molecule has 0 aliphatic carbocycles. The second-order valence-electron chi connectivity index (χ2n) is 5.61. The van der Waals surface area contributed by atoms with Gasteiger partial charge in [-0.15, -0.1) is 0 Å². The number of hydrogen-bond donors (Lipinski definition) is 1.